The average Bonchev–Trinajstić information content (AvgIpc) is 3.22. The van der Waals surface area contributed by atoms with Crippen molar-refractivity contribution in [3.05, 3.63) is 28.4 Å². The molecule has 0 unspecified atom stereocenters. The molecule has 3 heterocycles. The first-order valence-electron chi connectivity index (χ1n) is 10.8. The van der Waals surface area contributed by atoms with E-state index in [1.165, 1.54) is 19.3 Å². The van der Waals surface area contributed by atoms with Crippen LogP contribution in [0.15, 0.2) is 17.6 Å². The zero-order chi connectivity index (χ0) is 20.1. The Hall–Kier alpha value is -1.21. The normalized spacial score (nSPS) is 23.2. The van der Waals surface area contributed by atoms with Gasteiger partial charge in [0.1, 0.15) is 0 Å². The minimum absolute atomic E-state index is 0.408. The van der Waals surface area contributed by atoms with Crippen LogP contribution < -0.4 is 11.1 Å². The monoisotopic (exact) mass is 434 g/mol. The maximum Gasteiger partial charge on any atom is 0.183 e. The van der Waals surface area contributed by atoms with Gasteiger partial charge in [0.25, 0.3) is 0 Å². The molecule has 0 aromatic carbocycles. The Morgan fingerprint density at radius 1 is 1.14 bits per heavy atom. The van der Waals surface area contributed by atoms with E-state index in [-0.39, 0.29) is 0 Å². The maximum absolute atomic E-state index is 6.46. The van der Waals surface area contributed by atoms with E-state index < -0.39 is 0 Å². The molecule has 1 aliphatic carbocycles. The lowest BCUT2D eigenvalue weighted by Gasteiger charge is -2.25. The number of nitrogens with one attached hydrogen (secondary N) is 1. The van der Waals surface area contributed by atoms with Gasteiger partial charge in [-0.25, -0.2) is 4.98 Å². The van der Waals surface area contributed by atoms with Crippen LogP contribution in [0.5, 0.6) is 0 Å². The molecule has 29 heavy (non-hydrogen) atoms. The Morgan fingerprint density at radius 2 is 1.93 bits per heavy atom. The molecule has 2 fully saturated rings. The summed E-state index contributed by atoms with van der Waals surface area (Å²) in [4.78, 5) is 9.33. The molecule has 1 saturated carbocycles. The molecule has 4 rings (SSSR count). The highest BCUT2D eigenvalue weighted by Crippen LogP contribution is 2.32. The molecule has 158 valence electrons. The highest BCUT2D eigenvalue weighted by atomic mass is 35.5. The molecule has 5 nitrogen and oxygen atoms in total. The molecule has 0 spiro atoms. The van der Waals surface area contributed by atoms with E-state index in [1.807, 2.05) is 0 Å². The average molecular weight is 435 g/mol. The van der Waals surface area contributed by atoms with Gasteiger partial charge < -0.3 is 15.8 Å². The topological polar surface area (TPSA) is 73.1 Å². The van der Waals surface area contributed by atoms with E-state index in [0.717, 1.165) is 79.9 Å². The molecule has 0 atom stereocenters. The molecule has 2 aromatic rings. The Morgan fingerprint density at radius 3 is 2.72 bits per heavy atom. The smallest absolute Gasteiger partial charge is 0.183 e. The van der Waals surface area contributed by atoms with E-state index in [2.05, 4.69) is 21.7 Å². The molecule has 2 aromatic heterocycles. The molecule has 0 radical (unpaired) electrons. The summed E-state index contributed by atoms with van der Waals surface area (Å²) < 4.78 is 5.43. The van der Waals surface area contributed by atoms with Gasteiger partial charge in [0.15, 0.2) is 5.13 Å². The second-order valence-corrected chi connectivity index (χ2v) is 9.71. The van der Waals surface area contributed by atoms with Gasteiger partial charge in [0, 0.05) is 48.6 Å². The SMILES string of the molecule is NC1CCC(CCc2cc(-c3csc(NCC4CCOCC4)n3)c(Cl)cn2)CC1. The second kappa shape index (κ2) is 10.2. The summed E-state index contributed by atoms with van der Waals surface area (Å²) in [5.41, 5.74) is 9.04. The third kappa shape index (κ3) is 5.91. The Bertz CT molecular complexity index is 785. The van der Waals surface area contributed by atoms with Crippen molar-refractivity contribution in [2.45, 2.75) is 57.4 Å². The number of anilines is 1. The summed E-state index contributed by atoms with van der Waals surface area (Å²) in [6.45, 7) is 2.70. The fourth-order valence-corrected chi connectivity index (χ4v) is 5.23. The number of nitrogens with two attached hydrogens (primary N) is 1. The summed E-state index contributed by atoms with van der Waals surface area (Å²) in [6.07, 6.45) is 11.0. The zero-order valence-electron chi connectivity index (χ0n) is 16.9. The molecule has 1 saturated heterocycles. The quantitative estimate of drug-likeness (QED) is 0.630. The van der Waals surface area contributed by atoms with Crippen LogP contribution in [0.4, 0.5) is 5.13 Å². The molecule has 3 N–H and O–H groups in total. The Kier molecular flexibility index (Phi) is 7.40. The first-order valence-corrected chi connectivity index (χ1v) is 12.1. The van der Waals surface area contributed by atoms with Gasteiger partial charge in [-0.05, 0) is 69.3 Å². The molecular formula is C22H31ClN4OS. The first-order chi connectivity index (χ1) is 14.2. The number of pyridine rings is 1. The number of halogens is 1. The Labute approximate surface area is 182 Å². The molecular weight excluding hydrogens is 404 g/mol. The third-order valence-electron chi connectivity index (χ3n) is 6.28. The van der Waals surface area contributed by atoms with Crippen molar-refractivity contribution in [2.75, 3.05) is 25.1 Å². The minimum atomic E-state index is 0.408. The van der Waals surface area contributed by atoms with E-state index in [9.17, 15) is 0 Å². The van der Waals surface area contributed by atoms with Crippen molar-refractivity contribution < 1.29 is 4.74 Å². The van der Waals surface area contributed by atoms with Crippen LogP contribution in [-0.4, -0.2) is 35.8 Å². The van der Waals surface area contributed by atoms with Crippen LogP contribution >= 0.6 is 22.9 Å². The van der Waals surface area contributed by atoms with Crippen LogP contribution in [0, 0.1) is 11.8 Å². The van der Waals surface area contributed by atoms with Gasteiger partial charge in [0.05, 0.1) is 10.7 Å². The summed E-state index contributed by atoms with van der Waals surface area (Å²) in [6, 6.07) is 2.53. The van der Waals surface area contributed by atoms with E-state index in [1.54, 1.807) is 17.5 Å². The lowest BCUT2D eigenvalue weighted by atomic mass is 9.83. The number of rotatable bonds is 7. The van der Waals surface area contributed by atoms with Crippen molar-refractivity contribution in [1.82, 2.24) is 9.97 Å². The van der Waals surface area contributed by atoms with Crippen LogP contribution in [0.25, 0.3) is 11.3 Å². The molecule has 7 heteroatoms. The van der Waals surface area contributed by atoms with Crippen LogP contribution in [0.2, 0.25) is 5.02 Å². The highest BCUT2D eigenvalue weighted by molar-refractivity contribution is 7.14. The number of hydrogen-bond donors (Lipinski definition) is 2. The Balaban J connectivity index is 1.35. The van der Waals surface area contributed by atoms with Crippen molar-refractivity contribution in [3.63, 3.8) is 0 Å². The summed E-state index contributed by atoms with van der Waals surface area (Å²) in [5.74, 6) is 1.44. The van der Waals surface area contributed by atoms with Gasteiger partial charge in [-0.2, -0.15) is 0 Å². The van der Waals surface area contributed by atoms with Crippen LogP contribution in [0.1, 0.15) is 50.6 Å². The van der Waals surface area contributed by atoms with E-state index in [4.69, 9.17) is 27.1 Å². The highest BCUT2D eigenvalue weighted by Gasteiger charge is 2.19. The fraction of sp³-hybridized carbons (Fsp3) is 0.636. The predicted molar refractivity (Wildman–Crippen MR) is 121 cm³/mol. The first kappa shape index (κ1) is 21.0. The number of aryl methyl sites for hydroxylation is 1. The lowest BCUT2D eigenvalue weighted by Crippen LogP contribution is -2.26. The molecule has 0 bridgehead atoms. The van der Waals surface area contributed by atoms with Crippen molar-refractivity contribution in [2.24, 2.45) is 17.6 Å². The van der Waals surface area contributed by atoms with Crippen molar-refractivity contribution in [3.8, 4) is 11.3 Å². The van der Waals surface area contributed by atoms with E-state index in [0.29, 0.717) is 17.0 Å². The molecule has 1 aliphatic heterocycles. The van der Waals surface area contributed by atoms with Crippen molar-refractivity contribution in [1.29, 1.82) is 0 Å². The lowest BCUT2D eigenvalue weighted by molar-refractivity contribution is 0.0699. The van der Waals surface area contributed by atoms with Gasteiger partial charge in [-0.15, -0.1) is 11.3 Å². The number of nitrogens with zero attached hydrogens (tertiary/aromatic N) is 2. The summed E-state index contributed by atoms with van der Waals surface area (Å²) in [7, 11) is 0. The van der Waals surface area contributed by atoms with Crippen LogP contribution in [-0.2, 0) is 11.2 Å². The van der Waals surface area contributed by atoms with Crippen LogP contribution in [0.3, 0.4) is 0 Å². The largest absolute Gasteiger partial charge is 0.381 e. The predicted octanol–water partition coefficient (Wildman–Crippen LogP) is 5.15. The van der Waals surface area contributed by atoms with Gasteiger partial charge in [-0.1, -0.05) is 11.6 Å². The van der Waals surface area contributed by atoms with Gasteiger partial charge in [-0.3, -0.25) is 4.98 Å². The fourth-order valence-electron chi connectivity index (χ4n) is 4.30. The van der Waals surface area contributed by atoms with Gasteiger partial charge >= 0.3 is 0 Å². The number of ether oxygens (including phenoxy) is 1. The number of hydrogen-bond acceptors (Lipinski definition) is 6. The number of aromatic nitrogens is 2. The summed E-state index contributed by atoms with van der Waals surface area (Å²) >= 11 is 8.10. The minimum Gasteiger partial charge on any atom is -0.381 e. The molecule has 0 amide bonds. The molecule has 2 aliphatic rings. The third-order valence-corrected chi connectivity index (χ3v) is 7.38. The standard InChI is InChI=1S/C22H31ClN4OS/c23-20-13-25-18(6-3-15-1-4-17(24)5-2-15)11-19(20)21-14-29-22(27-21)26-12-16-7-9-28-10-8-16/h11,13-17H,1-10,12,24H2,(H,26,27). The zero-order valence-corrected chi connectivity index (χ0v) is 18.5. The van der Waals surface area contributed by atoms with Gasteiger partial charge in [0.2, 0.25) is 0 Å². The maximum atomic E-state index is 6.46. The number of thiazole rings is 1. The second-order valence-electron chi connectivity index (χ2n) is 8.45. The van der Waals surface area contributed by atoms with Crippen molar-refractivity contribution >= 4 is 28.1 Å². The van der Waals surface area contributed by atoms with E-state index >= 15 is 0 Å². The summed E-state index contributed by atoms with van der Waals surface area (Å²) in [5, 5.41) is 7.20.